The third-order valence-electron chi connectivity index (χ3n) is 4.44. The Morgan fingerprint density at radius 3 is 2.65 bits per heavy atom. The van der Waals surface area contributed by atoms with Gasteiger partial charge in [-0.25, -0.2) is 8.42 Å². The summed E-state index contributed by atoms with van der Waals surface area (Å²) in [7, 11) is -3.47. The van der Waals surface area contributed by atoms with Gasteiger partial charge in [0, 0.05) is 19.2 Å². The van der Waals surface area contributed by atoms with E-state index < -0.39 is 15.1 Å². The zero-order chi connectivity index (χ0) is 18.1. The predicted molar refractivity (Wildman–Crippen MR) is 92.1 cm³/mol. The lowest BCUT2D eigenvalue weighted by molar-refractivity contribution is 0.0783. The van der Waals surface area contributed by atoms with Crippen LogP contribution in [-0.4, -0.2) is 42.7 Å². The molecule has 134 valence electrons. The highest BCUT2D eigenvalue weighted by Gasteiger charge is 2.37. The topological polar surface area (TPSA) is 93.6 Å². The third-order valence-corrected chi connectivity index (χ3v) is 6.63. The van der Waals surface area contributed by atoms with Crippen molar-refractivity contribution in [2.75, 3.05) is 13.1 Å². The van der Waals surface area contributed by atoms with Gasteiger partial charge in [0.1, 0.15) is 0 Å². The summed E-state index contributed by atoms with van der Waals surface area (Å²) in [5.74, 6) is 0.478. The maximum atomic E-state index is 12.7. The first-order valence-electron chi connectivity index (χ1n) is 8.14. The maximum Gasteiger partial charge on any atom is 0.276 e. The van der Waals surface area contributed by atoms with Gasteiger partial charge in [-0.2, -0.15) is 0 Å². The molecule has 1 amide bonds. The van der Waals surface area contributed by atoms with Gasteiger partial charge in [-0.1, -0.05) is 23.4 Å². The van der Waals surface area contributed by atoms with Crippen LogP contribution in [0.25, 0.3) is 11.5 Å². The molecule has 3 aromatic rings. The Morgan fingerprint density at radius 1 is 1.12 bits per heavy atom. The fraction of sp³-hybridized carbons (Fsp3) is 0.222. The SMILES string of the molecule is O=C(c1cc(-c2ccco2)on1)N1CCC(S(=O)(=O)c2ccccc2)C1. The summed E-state index contributed by atoms with van der Waals surface area (Å²) in [6, 6.07) is 13.2. The molecule has 0 spiro atoms. The van der Waals surface area contributed by atoms with Crippen LogP contribution in [0.2, 0.25) is 0 Å². The monoisotopic (exact) mass is 372 g/mol. The van der Waals surface area contributed by atoms with Crippen molar-refractivity contribution in [3.05, 3.63) is 60.5 Å². The molecule has 0 N–H and O–H groups in total. The molecule has 3 heterocycles. The first kappa shape index (κ1) is 16.6. The molecule has 4 rings (SSSR count). The lowest BCUT2D eigenvalue weighted by atomic mass is 10.3. The van der Waals surface area contributed by atoms with E-state index in [0.717, 1.165) is 0 Å². The lowest BCUT2D eigenvalue weighted by Crippen LogP contribution is -2.32. The van der Waals surface area contributed by atoms with Crippen LogP contribution in [0.5, 0.6) is 0 Å². The Kier molecular flexibility index (Phi) is 4.12. The van der Waals surface area contributed by atoms with E-state index in [9.17, 15) is 13.2 Å². The van der Waals surface area contributed by atoms with Crippen molar-refractivity contribution in [2.45, 2.75) is 16.6 Å². The second-order valence-corrected chi connectivity index (χ2v) is 8.30. The molecule has 0 saturated carbocycles. The second-order valence-electron chi connectivity index (χ2n) is 6.07. The number of nitrogens with zero attached hydrogens (tertiary/aromatic N) is 2. The fourth-order valence-electron chi connectivity index (χ4n) is 3.04. The van der Waals surface area contributed by atoms with Gasteiger partial charge in [0.25, 0.3) is 5.91 Å². The molecule has 1 aliphatic heterocycles. The minimum atomic E-state index is -3.47. The number of hydrogen-bond donors (Lipinski definition) is 0. The van der Waals surface area contributed by atoms with Crippen molar-refractivity contribution in [1.29, 1.82) is 0 Å². The minimum absolute atomic E-state index is 0.133. The highest BCUT2D eigenvalue weighted by molar-refractivity contribution is 7.92. The third kappa shape index (κ3) is 2.92. The van der Waals surface area contributed by atoms with Gasteiger partial charge < -0.3 is 13.8 Å². The Bertz CT molecular complexity index is 1010. The summed E-state index contributed by atoms with van der Waals surface area (Å²) < 4.78 is 35.8. The molecule has 2 aromatic heterocycles. The van der Waals surface area contributed by atoms with E-state index in [4.69, 9.17) is 8.94 Å². The summed E-state index contributed by atoms with van der Waals surface area (Å²) in [5, 5.41) is 3.17. The predicted octanol–water partition coefficient (Wildman–Crippen LogP) is 2.62. The number of rotatable bonds is 4. The molecule has 1 fully saturated rings. The normalized spacial score (nSPS) is 17.5. The van der Waals surface area contributed by atoms with E-state index in [0.29, 0.717) is 24.5 Å². The van der Waals surface area contributed by atoms with Crippen LogP contribution in [0.1, 0.15) is 16.9 Å². The van der Waals surface area contributed by atoms with E-state index >= 15 is 0 Å². The van der Waals surface area contributed by atoms with Crippen LogP contribution in [0, 0.1) is 0 Å². The van der Waals surface area contributed by atoms with Gasteiger partial charge >= 0.3 is 0 Å². The molecule has 1 atom stereocenters. The van der Waals surface area contributed by atoms with Crippen LogP contribution in [0.3, 0.4) is 0 Å². The Hall–Kier alpha value is -2.87. The Morgan fingerprint density at radius 2 is 1.92 bits per heavy atom. The standard InChI is InChI=1S/C18H16N2O5S/c21-18(15-11-17(25-19-15)16-7-4-10-24-16)20-9-8-14(12-20)26(22,23)13-5-2-1-3-6-13/h1-7,10-11,14H,8-9,12H2. The molecule has 8 heteroatoms. The quantitative estimate of drug-likeness (QED) is 0.699. The molecule has 0 bridgehead atoms. The second kappa shape index (κ2) is 6.45. The number of amides is 1. The summed E-state index contributed by atoms with van der Waals surface area (Å²) >= 11 is 0. The van der Waals surface area contributed by atoms with Crippen molar-refractivity contribution in [3.8, 4) is 11.5 Å². The summed E-state index contributed by atoms with van der Waals surface area (Å²) in [4.78, 5) is 14.4. The van der Waals surface area contributed by atoms with Crippen molar-refractivity contribution in [2.24, 2.45) is 0 Å². The molecule has 0 aliphatic carbocycles. The first-order chi connectivity index (χ1) is 12.6. The van der Waals surface area contributed by atoms with Crippen molar-refractivity contribution in [1.82, 2.24) is 10.1 Å². The molecule has 1 aromatic carbocycles. The van der Waals surface area contributed by atoms with E-state index in [-0.39, 0.29) is 23.0 Å². The molecular weight excluding hydrogens is 356 g/mol. The van der Waals surface area contributed by atoms with E-state index in [1.165, 1.54) is 17.2 Å². The zero-order valence-corrected chi connectivity index (χ0v) is 14.6. The number of carbonyl (C=O) groups excluding carboxylic acids is 1. The smallest absolute Gasteiger partial charge is 0.276 e. The molecule has 7 nitrogen and oxygen atoms in total. The summed E-state index contributed by atoms with van der Waals surface area (Å²) in [6.45, 7) is 0.498. The molecular formula is C18H16N2O5S. The van der Waals surface area contributed by atoms with Gasteiger partial charge in [0.2, 0.25) is 5.76 Å². The van der Waals surface area contributed by atoms with Gasteiger partial charge in [0.15, 0.2) is 21.3 Å². The lowest BCUT2D eigenvalue weighted by Gasteiger charge is -2.15. The summed E-state index contributed by atoms with van der Waals surface area (Å²) in [6.07, 6.45) is 1.89. The van der Waals surface area contributed by atoms with Gasteiger partial charge in [-0.05, 0) is 30.7 Å². The van der Waals surface area contributed by atoms with Crippen molar-refractivity contribution < 1.29 is 22.2 Å². The minimum Gasteiger partial charge on any atom is -0.461 e. The number of sulfone groups is 1. The van der Waals surface area contributed by atoms with Crippen LogP contribution in [0.15, 0.2) is 68.6 Å². The van der Waals surface area contributed by atoms with E-state index in [2.05, 4.69) is 5.16 Å². The molecule has 0 radical (unpaired) electrons. The first-order valence-corrected chi connectivity index (χ1v) is 9.69. The molecule has 1 saturated heterocycles. The number of hydrogen-bond acceptors (Lipinski definition) is 6. The Balaban J connectivity index is 1.50. The zero-order valence-electron chi connectivity index (χ0n) is 13.7. The van der Waals surface area contributed by atoms with Crippen LogP contribution >= 0.6 is 0 Å². The highest BCUT2D eigenvalue weighted by Crippen LogP contribution is 2.26. The average molecular weight is 372 g/mol. The number of benzene rings is 1. The highest BCUT2D eigenvalue weighted by atomic mass is 32.2. The Labute approximate surface area is 150 Å². The largest absolute Gasteiger partial charge is 0.461 e. The average Bonchev–Trinajstić information content (AvgIpc) is 3.42. The van der Waals surface area contributed by atoms with Crippen LogP contribution in [0.4, 0.5) is 0 Å². The van der Waals surface area contributed by atoms with Crippen LogP contribution in [-0.2, 0) is 9.84 Å². The number of furan rings is 1. The molecule has 1 aliphatic rings. The fourth-order valence-corrected chi connectivity index (χ4v) is 4.75. The number of aromatic nitrogens is 1. The summed E-state index contributed by atoms with van der Waals surface area (Å²) in [5.41, 5.74) is 0.133. The van der Waals surface area contributed by atoms with Crippen molar-refractivity contribution in [3.63, 3.8) is 0 Å². The van der Waals surface area contributed by atoms with Crippen molar-refractivity contribution >= 4 is 15.7 Å². The molecule has 26 heavy (non-hydrogen) atoms. The van der Waals surface area contributed by atoms with E-state index in [1.54, 1.807) is 42.5 Å². The van der Waals surface area contributed by atoms with Gasteiger partial charge in [-0.3, -0.25) is 4.79 Å². The maximum absolute atomic E-state index is 12.7. The van der Waals surface area contributed by atoms with Crippen LogP contribution < -0.4 is 0 Å². The van der Waals surface area contributed by atoms with Gasteiger partial charge in [0.05, 0.1) is 16.4 Å². The number of carbonyl (C=O) groups is 1. The van der Waals surface area contributed by atoms with Gasteiger partial charge in [-0.15, -0.1) is 0 Å². The molecule has 1 unspecified atom stereocenters. The van der Waals surface area contributed by atoms with E-state index in [1.807, 2.05) is 0 Å². The number of likely N-dealkylation sites (tertiary alicyclic amines) is 1.